The molecule has 2 saturated heterocycles. The zero-order valence-corrected chi connectivity index (χ0v) is 90.6. The van der Waals surface area contributed by atoms with E-state index in [-0.39, 0.29) is 85.2 Å². The molecule has 794 valence electrons. The number of hydrogen-bond donors (Lipinski definition) is 1. The van der Waals surface area contributed by atoms with Crippen LogP contribution in [0.2, 0.25) is 0 Å². The van der Waals surface area contributed by atoms with Gasteiger partial charge in [-0.2, -0.15) is 35.4 Å². The number of aryl methyl sites for hydroxylation is 12. The van der Waals surface area contributed by atoms with Crippen LogP contribution in [0.3, 0.4) is 0 Å². The van der Waals surface area contributed by atoms with E-state index in [0.717, 1.165) is 196 Å². The fourth-order valence-electron chi connectivity index (χ4n) is 30.8. The number of ether oxygens (including phenoxy) is 4. The van der Waals surface area contributed by atoms with Crippen molar-refractivity contribution in [1.82, 2.24) is 135 Å². The van der Waals surface area contributed by atoms with Crippen LogP contribution < -0.4 is 0 Å². The topological polar surface area (TPSA) is 484 Å². The number of allylic oxidation sites excluding steroid dienone is 1. The summed E-state index contributed by atoms with van der Waals surface area (Å²) in [6.07, 6.45) is 21.9. The van der Waals surface area contributed by atoms with Crippen molar-refractivity contribution in [1.29, 1.82) is 0 Å². The van der Waals surface area contributed by atoms with E-state index in [2.05, 4.69) is 146 Å². The highest BCUT2D eigenvalue weighted by atomic mass is 16.7. The number of ketones is 3. The van der Waals surface area contributed by atoms with E-state index in [1.165, 1.54) is 44.0 Å². The summed E-state index contributed by atoms with van der Waals surface area (Å²) in [5.74, 6) is 10.1. The summed E-state index contributed by atoms with van der Waals surface area (Å²) >= 11 is 0. The minimum Gasteiger partial charge on any atom is -0.515 e. The van der Waals surface area contributed by atoms with Gasteiger partial charge in [-0.15, -0.1) is 61.2 Å². The number of nitrogens with zero attached hydrogens (tertiary/aromatic N) is 28. The van der Waals surface area contributed by atoms with Crippen LogP contribution in [0.4, 0.5) is 0 Å². The van der Waals surface area contributed by atoms with Gasteiger partial charge >= 0.3 is 0 Å². The maximum absolute atomic E-state index is 12.5. The number of Topliss-reactive ketones (excluding diaryl/α,β-unsaturated/α-hetero) is 3. The number of hydrogen-bond acceptors (Lipinski definition) is 34. The number of rotatable bonds is 6. The number of aliphatic hydroxyl groups is 1. The Kier molecular flexibility index (Phi) is 25.3. The molecule has 1 unspecified atom stereocenters. The Balaban J connectivity index is 0.000000102. The van der Waals surface area contributed by atoms with E-state index in [0.29, 0.717) is 163 Å². The molecule has 2 aliphatic heterocycles. The third kappa shape index (κ3) is 16.0. The van der Waals surface area contributed by atoms with Crippen molar-refractivity contribution in [2.24, 2.45) is 114 Å². The fraction of sp³-hybridized carbons (Fsp3) is 0.648. The van der Waals surface area contributed by atoms with Gasteiger partial charge in [0.1, 0.15) is 45.7 Å². The molecule has 42 heteroatoms. The van der Waals surface area contributed by atoms with Gasteiger partial charge in [-0.3, -0.25) is 42.5 Å². The van der Waals surface area contributed by atoms with Gasteiger partial charge in [-0.25, -0.2) is 6.57 Å². The lowest BCUT2D eigenvalue weighted by atomic mass is 9.55. The highest BCUT2D eigenvalue weighted by Gasteiger charge is 2.63. The SMILES string of the molecule is C[C@H]1[C@@H]2CCc3c(nn(C)c3-c3nnn(C)n3)[C@@]2(C)CCC12OCCO2.Cc1nnc(-c2c3c(nn2C)[C@@]2(C)C/C(=C/O)C(=O)[C@@H](C)[C@@H]2CC3)o1.Cc1nnc(-c2c3c(nn2C)[C@@]2(C)CCC(=O)[C@@H](C)[C@@H]2CC3)o1.Cc1nnc(-c2c3c(nn2C)[C@@]2(C)CCC4(OCCO4)[C@@H](C)[C@@H]2CC3)o1.Cc1nnc(-c2c3c(nn2C)[C@@]2(C)Cc4cnoc4[C@@H](C)[C@@H]2CC3)o1.[C-]#[N+]C1C[C@]2(C)c3nn(C)c(-c4nnc(C)o4)c3CC[C@H]2[C@H](C)C1=O. The van der Waals surface area contributed by atoms with Crippen LogP contribution in [0.1, 0.15) is 287 Å². The zero-order valence-electron chi connectivity index (χ0n) is 90.6. The molecule has 5 saturated carbocycles. The van der Waals surface area contributed by atoms with Crippen molar-refractivity contribution in [3.8, 4) is 69.4 Å². The first kappa shape index (κ1) is 102. The van der Waals surface area contributed by atoms with E-state index in [9.17, 15) is 19.5 Å². The fourth-order valence-corrected chi connectivity index (χ4v) is 30.8. The molecule has 2 spiro atoms. The summed E-state index contributed by atoms with van der Waals surface area (Å²) < 4.78 is 69.5. The Morgan fingerprint density at radius 1 is 0.380 bits per heavy atom. The van der Waals surface area contributed by atoms with Gasteiger partial charge in [-0.1, -0.05) is 88.2 Å². The second kappa shape index (κ2) is 37.3. The smallest absolute Gasteiger partial charge is 0.282 e. The Morgan fingerprint density at radius 3 is 1.07 bits per heavy atom. The van der Waals surface area contributed by atoms with Gasteiger partial charge in [0.25, 0.3) is 35.5 Å². The van der Waals surface area contributed by atoms with Crippen molar-refractivity contribution in [2.75, 3.05) is 26.4 Å². The Hall–Kier alpha value is -12.9. The van der Waals surface area contributed by atoms with E-state index < -0.39 is 6.04 Å². The molecule has 12 aliphatic carbocycles. The van der Waals surface area contributed by atoms with Gasteiger partial charge in [0, 0.05) is 215 Å². The third-order valence-corrected chi connectivity index (χ3v) is 38.2. The van der Waals surface area contributed by atoms with Gasteiger partial charge < -0.3 is 55.5 Å². The molecule has 15 heterocycles. The zero-order chi connectivity index (χ0) is 106. The number of aromatic nitrogens is 27. The first-order chi connectivity index (χ1) is 71.5. The minimum atomic E-state index is -0.571. The second-order valence-corrected chi connectivity index (χ2v) is 46.5. The molecule has 27 rings (SSSR count). The lowest BCUT2D eigenvalue weighted by Gasteiger charge is -2.53. The number of carbonyl (C=O) groups excluding carboxylic acids is 3. The van der Waals surface area contributed by atoms with Crippen LogP contribution in [0.25, 0.3) is 74.3 Å². The maximum Gasteiger partial charge on any atom is 0.282 e. The maximum atomic E-state index is 12.5. The first-order valence-electron chi connectivity index (χ1n) is 53.5. The Morgan fingerprint density at radius 2 is 0.713 bits per heavy atom. The monoisotopic (exact) mass is 2050 g/mol. The van der Waals surface area contributed by atoms with Gasteiger partial charge in [0.05, 0.1) is 80.1 Å². The van der Waals surface area contributed by atoms with Gasteiger partial charge in [0.2, 0.25) is 41.1 Å². The predicted molar refractivity (Wildman–Crippen MR) is 539 cm³/mol. The second-order valence-electron chi connectivity index (χ2n) is 46.5. The van der Waals surface area contributed by atoms with Crippen LogP contribution >= 0.6 is 0 Å². The number of carbonyl (C=O) groups is 3. The van der Waals surface area contributed by atoms with Crippen molar-refractivity contribution in [3.63, 3.8) is 0 Å². The lowest BCUT2D eigenvalue weighted by molar-refractivity contribution is -0.234. The van der Waals surface area contributed by atoms with E-state index in [4.69, 9.17) is 82.7 Å². The van der Waals surface area contributed by atoms with Crippen LogP contribution in [0.15, 0.2) is 44.6 Å². The molecule has 42 nitrogen and oxygen atoms in total. The molecule has 13 aromatic rings. The van der Waals surface area contributed by atoms with Crippen molar-refractivity contribution in [3.05, 3.63) is 138 Å². The van der Waals surface area contributed by atoms with Crippen LogP contribution in [0.5, 0.6) is 0 Å². The molecule has 0 aromatic carbocycles. The van der Waals surface area contributed by atoms with Gasteiger partial charge in [-0.05, 0) is 150 Å². The third-order valence-electron chi connectivity index (χ3n) is 38.2. The number of aliphatic hydroxyl groups excluding tert-OH is 1. The van der Waals surface area contributed by atoms with Crippen molar-refractivity contribution in [2.45, 2.75) is 309 Å². The molecular weight excluding hydrogens is 1910 g/mol. The molecular formula is C108H138N28O14. The summed E-state index contributed by atoms with van der Waals surface area (Å²) in [5.41, 5.74) is 20.6. The number of fused-ring (bicyclic) bond motifs is 19. The lowest BCUT2D eigenvalue weighted by Crippen LogP contribution is -2.55. The van der Waals surface area contributed by atoms with Gasteiger partial charge in [0.15, 0.2) is 17.4 Å². The van der Waals surface area contributed by atoms with Crippen LogP contribution in [-0.4, -0.2) is 202 Å². The molecule has 13 aromatic heterocycles. The van der Waals surface area contributed by atoms with Crippen molar-refractivity contribution >= 4 is 17.3 Å². The molecule has 0 radical (unpaired) electrons. The van der Waals surface area contributed by atoms with E-state index in [1.807, 2.05) is 94.9 Å². The molecule has 19 atom stereocenters. The summed E-state index contributed by atoms with van der Waals surface area (Å²) in [6.45, 7) is 45.8. The first-order valence-corrected chi connectivity index (χ1v) is 53.5. The average molecular weight is 2050 g/mol. The van der Waals surface area contributed by atoms with E-state index >= 15 is 0 Å². The van der Waals surface area contributed by atoms with Crippen molar-refractivity contribution < 1.29 is 65.0 Å². The average Bonchev–Trinajstić information content (AvgIpc) is 1.21. The largest absolute Gasteiger partial charge is 0.515 e. The minimum absolute atomic E-state index is 0.0264. The summed E-state index contributed by atoms with van der Waals surface area (Å²) in [4.78, 5) is 42.2. The highest BCUT2D eigenvalue weighted by molar-refractivity contribution is 5.98. The summed E-state index contributed by atoms with van der Waals surface area (Å²) in [7, 11) is 13.4. The molecule has 1 N–H and O–H groups in total. The molecule has 150 heavy (non-hydrogen) atoms. The highest BCUT2D eigenvalue weighted by Crippen LogP contribution is 2.63. The molecule has 0 amide bonds. The number of tetrazole rings is 1. The van der Waals surface area contributed by atoms with Crippen LogP contribution in [0, 0.1) is 106 Å². The molecule has 14 aliphatic rings. The molecule has 0 bridgehead atoms. The molecule has 7 fully saturated rings. The normalized spacial score (nSPS) is 30.8. The summed E-state index contributed by atoms with van der Waals surface area (Å²) in [6, 6.07) is -0.571. The predicted octanol–water partition coefficient (Wildman–Crippen LogP) is 15.1. The Bertz CT molecular complexity index is 7360. The van der Waals surface area contributed by atoms with Crippen LogP contribution in [-0.2, 0) is 160 Å². The quantitative estimate of drug-likeness (QED) is 0.0917. The van der Waals surface area contributed by atoms with E-state index in [1.54, 1.807) is 37.2 Å². The standard InChI is InChI=1S/C19H26N4O3.C18H26N6O2.2C18H21N5O2.C18H22N4O3.C17H22N4O2/c1-11-14-6-5-13-15(17-21-20-12(2)26-17)23(4)22-16(13)18(14,3)7-8-19(11)24-9-10-25-19;1-11-13-6-5-12-14(16-19-22-24(4)21-16)23(3)20-15(12)17(13,2)7-8-18(11)25-9-10-26-18;1-9-13-6-5-12-14(17-21-20-10(2)24-17)23(4)22-16(12)18(13,3)7-11-8-19-25-15(9)11;1-9-12-7-6-11-14(17-21-20-10(2)25-17)23(5)22-16(11)18(12,3)8-13(19-4)15(9)24;1-9-13-6-5-12-14(17-20-19-10(2)25-17)22(4)21-16(12)18(13,3)7-11(8-23)15(9)24;1-9-12-6-5-11-14(16-19-18-10(2)23-16)21(4)20-15(11)17(12,3)8-7-13(9)22/h11,14H,5-10H2,1-4H3;11,13H,5-10H2,1-4H3;8-9,13H,5-7H2,1-4H3;9,12-13H,6-8H2,1-3,5H3;8-9,13,23H,5-7H2,1-4H3;9,12H,5-8H2,1-4H3/b;;;;11-8-;/t11-,14-,18-;11-,13-,17-;9-,13-,18-;9-,12-,13?,18-;9-,13-,18-;9-,12-,17-/m000000/s1. The summed E-state index contributed by atoms with van der Waals surface area (Å²) in [5, 5.41) is 96.2. The Labute approximate surface area is 869 Å².